The molecule has 1 aliphatic heterocycles. The van der Waals surface area contributed by atoms with E-state index in [1.54, 1.807) is 0 Å². The number of nitrogens with zero attached hydrogens (tertiary/aromatic N) is 2. The smallest absolute Gasteiger partial charge is 0.0235 e. The molecule has 0 aromatic heterocycles. The molecule has 0 bridgehead atoms. The Morgan fingerprint density at radius 3 is 2.43 bits per heavy atom. The molecule has 1 unspecified atom stereocenters. The van der Waals surface area contributed by atoms with E-state index in [9.17, 15) is 0 Å². The fourth-order valence-electron chi connectivity index (χ4n) is 4.40. The summed E-state index contributed by atoms with van der Waals surface area (Å²) in [5.41, 5.74) is 0.558. The van der Waals surface area contributed by atoms with Crippen molar-refractivity contribution in [3.8, 4) is 0 Å². The maximum atomic E-state index is 3.72. The standard InChI is InChI=1S/C18H37N3/c1-5-21(6-2)17-9-12-20(13-17)15-18(10-7-8-11-18)14-19-16(3)4/h16-17,19H,5-15H2,1-4H3. The third-order valence-electron chi connectivity index (χ3n) is 5.68. The zero-order chi connectivity index (χ0) is 15.3. The summed E-state index contributed by atoms with van der Waals surface area (Å²) in [5, 5.41) is 3.72. The Kier molecular flexibility index (Phi) is 6.51. The molecular formula is C18H37N3. The Morgan fingerprint density at radius 2 is 1.86 bits per heavy atom. The molecule has 0 amide bonds. The molecule has 1 heterocycles. The summed E-state index contributed by atoms with van der Waals surface area (Å²) in [6.07, 6.45) is 7.11. The molecule has 1 aliphatic carbocycles. The fourth-order valence-corrected chi connectivity index (χ4v) is 4.40. The summed E-state index contributed by atoms with van der Waals surface area (Å²) < 4.78 is 0. The van der Waals surface area contributed by atoms with Gasteiger partial charge in [0.15, 0.2) is 0 Å². The molecule has 1 saturated carbocycles. The highest BCUT2D eigenvalue weighted by Gasteiger charge is 2.37. The largest absolute Gasteiger partial charge is 0.314 e. The zero-order valence-corrected chi connectivity index (χ0v) is 14.8. The summed E-state index contributed by atoms with van der Waals surface area (Å²) in [6, 6.07) is 1.42. The first-order chi connectivity index (χ1) is 10.1. The minimum absolute atomic E-state index is 0.558. The normalized spacial score (nSPS) is 26.3. The molecular weight excluding hydrogens is 258 g/mol. The summed E-state index contributed by atoms with van der Waals surface area (Å²) in [5.74, 6) is 0. The Labute approximate surface area is 132 Å². The van der Waals surface area contributed by atoms with E-state index in [1.807, 2.05) is 0 Å². The predicted molar refractivity (Wildman–Crippen MR) is 91.8 cm³/mol. The van der Waals surface area contributed by atoms with E-state index < -0.39 is 0 Å². The van der Waals surface area contributed by atoms with Crippen molar-refractivity contribution >= 4 is 0 Å². The second-order valence-electron chi connectivity index (χ2n) is 7.64. The minimum Gasteiger partial charge on any atom is -0.314 e. The molecule has 21 heavy (non-hydrogen) atoms. The first kappa shape index (κ1) is 17.2. The van der Waals surface area contributed by atoms with Crippen LogP contribution in [0.25, 0.3) is 0 Å². The average Bonchev–Trinajstić information content (AvgIpc) is 3.09. The molecule has 0 spiro atoms. The maximum Gasteiger partial charge on any atom is 0.0235 e. The quantitative estimate of drug-likeness (QED) is 0.743. The maximum absolute atomic E-state index is 3.72. The van der Waals surface area contributed by atoms with Crippen LogP contribution >= 0.6 is 0 Å². The van der Waals surface area contributed by atoms with Crippen molar-refractivity contribution in [3.05, 3.63) is 0 Å². The van der Waals surface area contributed by atoms with E-state index in [0.717, 1.165) is 6.04 Å². The number of likely N-dealkylation sites (N-methyl/N-ethyl adjacent to an activating group) is 1. The van der Waals surface area contributed by atoms with E-state index in [2.05, 4.69) is 42.8 Å². The van der Waals surface area contributed by atoms with E-state index in [-0.39, 0.29) is 0 Å². The fraction of sp³-hybridized carbons (Fsp3) is 1.00. The highest BCUT2D eigenvalue weighted by atomic mass is 15.3. The summed E-state index contributed by atoms with van der Waals surface area (Å²) >= 11 is 0. The third-order valence-corrected chi connectivity index (χ3v) is 5.68. The van der Waals surface area contributed by atoms with Gasteiger partial charge in [0.25, 0.3) is 0 Å². The van der Waals surface area contributed by atoms with Gasteiger partial charge in [0.05, 0.1) is 0 Å². The monoisotopic (exact) mass is 295 g/mol. The van der Waals surface area contributed by atoms with Crippen molar-refractivity contribution in [2.24, 2.45) is 5.41 Å². The van der Waals surface area contributed by atoms with Gasteiger partial charge < -0.3 is 10.2 Å². The summed E-state index contributed by atoms with van der Waals surface area (Å²) in [7, 11) is 0. The highest BCUT2D eigenvalue weighted by Crippen LogP contribution is 2.39. The molecule has 0 aromatic carbocycles. The molecule has 2 aliphatic rings. The second-order valence-corrected chi connectivity index (χ2v) is 7.64. The topological polar surface area (TPSA) is 18.5 Å². The van der Waals surface area contributed by atoms with Crippen LogP contribution in [-0.4, -0.2) is 61.2 Å². The lowest BCUT2D eigenvalue weighted by molar-refractivity contribution is 0.152. The third kappa shape index (κ3) is 4.67. The van der Waals surface area contributed by atoms with Crippen LogP contribution in [0, 0.1) is 5.41 Å². The van der Waals surface area contributed by atoms with Crippen molar-refractivity contribution < 1.29 is 0 Å². The molecule has 1 N–H and O–H groups in total. The van der Waals surface area contributed by atoms with Crippen LogP contribution in [0.4, 0.5) is 0 Å². The van der Waals surface area contributed by atoms with Crippen LogP contribution in [0.5, 0.6) is 0 Å². The van der Waals surface area contributed by atoms with Crippen molar-refractivity contribution in [1.82, 2.24) is 15.1 Å². The first-order valence-corrected chi connectivity index (χ1v) is 9.28. The van der Waals surface area contributed by atoms with Gasteiger partial charge in [-0.1, -0.05) is 40.5 Å². The van der Waals surface area contributed by atoms with Crippen LogP contribution in [0.2, 0.25) is 0 Å². The Morgan fingerprint density at radius 1 is 1.19 bits per heavy atom. The number of likely N-dealkylation sites (tertiary alicyclic amines) is 1. The SMILES string of the molecule is CCN(CC)C1CCN(CC2(CNC(C)C)CCCC2)C1. The van der Waals surface area contributed by atoms with Crippen molar-refractivity contribution in [1.29, 1.82) is 0 Å². The Hall–Kier alpha value is -0.120. The molecule has 3 heteroatoms. The second kappa shape index (κ2) is 7.94. The predicted octanol–water partition coefficient (Wildman–Crippen LogP) is 2.96. The van der Waals surface area contributed by atoms with Crippen LogP contribution in [0.1, 0.15) is 59.8 Å². The highest BCUT2D eigenvalue weighted by molar-refractivity contribution is 4.93. The zero-order valence-electron chi connectivity index (χ0n) is 14.8. The molecule has 124 valence electrons. The van der Waals surface area contributed by atoms with E-state index in [0.29, 0.717) is 11.5 Å². The van der Waals surface area contributed by atoms with Gasteiger partial charge in [-0.05, 0) is 44.3 Å². The molecule has 0 radical (unpaired) electrons. The van der Waals surface area contributed by atoms with E-state index >= 15 is 0 Å². The van der Waals surface area contributed by atoms with Crippen molar-refractivity contribution in [2.45, 2.75) is 71.9 Å². The number of nitrogens with one attached hydrogen (secondary N) is 1. The molecule has 0 aromatic rings. The number of hydrogen-bond acceptors (Lipinski definition) is 3. The number of hydrogen-bond donors (Lipinski definition) is 1. The lowest BCUT2D eigenvalue weighted by Crippen LogP contribution is -2.44. The average molecular weight is 296 g/mol. The van der Waals surface area contributed by atoms with Gasteiger partial charge >= 0.3 is 0 Å². The van der Waals surface area contributed by atoms with Gasteiger partial charge in [-0.25, -0.2) is 0 Å². The van der Waals surface area contributed by atoms with Gasteiger partial charge in [-0.15, -0.1) is 0 Å². The Bertz CT molecular complexity index is 293. The number of rotatable bonds is 8. The van der Waals surface area contributed by atoms with Crippen LogP contribution in [0.15, 0.2) is 0 Å². The van der Waals surface area contributed by atoms with Crippen molar-refractivity contribution in [3.63, 3.8) is 0 Å². The lowest BCUT2D eigenvalue weighted by atomic mass is 9.85. The molecule has 1 atom stereocenters. The van der Waals surface area contributed by atoms with Crippen LogP contribution in [0.3, 0.4) is 0 Å². The lowest BCUT2D eigenvalue weighted by Gasteiger charge is -2.35. The minimum atomic E-state index is 0.558. The summed E-state index contributed by atoms with van der Waals surface area (Å²) in [4.78, 5) is 5.41. The molecule has 1 saturated heterocycles. The van der Waals surface area contributed by atoms with Crippen LogP contribution in [-0.2, 0) is 0 Å². The van der Waals surface area contributed by atoms with Gasteiger partial charge in [0, 0.05) is 31.7 Å². The molecule has 2 fully saturated rings. The van der Waals surface area contributed by atoms with Crippen molar-refractivity contribution in [2.75, 3.05) is 39.3 Å². The molecule has 3 nitrogen and oxygen atoms in total. The van der Waals surface area contributed by atoms with Gasteiger partial charge in [-0.3, -0.25) is 4.90 Å². The van der Waals surface area contributed by atoms with E-state index in [1.165, 1.54) is 71.4 Å². The van der Waals surface area contributed by atoms with Gasteiger partial charge in [0.2, 0.25) is 0 Å². The summed E-state index contributed by atoms with van der Waals surface area (Å²) in [6.45, 7) is 16.7. The Balaban J connectivity index is 1.87. The molecule has 2 rings (SSSR count). The first-order valence-electron chi connectivity index (χ1n) is 9.28. The van der Waals surface area contributed by atoms with Gasteiger partial charge in [-0.2, -0.15) is 0 Å². The van der Waals surface area contributed by atoms with Crippen LogP contribution < -0.4 is 5.32 Å². The van der Waals surface area contributed by atoms with Gasteiger partial charge in [0.1, 0.15) is 0 Å². The van der Waals surface area contributed by atoms with E-state index in [4.69, 9.17) is 0 Å².